The highest BCUT2D eigenvalue weighted by molar-refractivity contribution is 5.96. The Bertz CT molecular complexity index is 1120. The minimum atomic E-state index is -0.777. The van der Waals surface area contributed by atoms with Crippen LogP contribution in [0.2, 0.25) is 0 Å². The van der Waals surface area contributed by atoms with Crippen LogP contribution in [0.25, 0.3) is 16.6 Å². The second kappa shape index (κ2) is 7.79. The minimum Gasteiger partial charge on any atom is -0.365 e. The van der Waals surface area contributed by atoms with Crippen molar-refractivity contribution in [2.75, 3.05) is 7.05 Å². The molecule has 1 aliphatic carbocycles. The molecule has 0 saturated heterocycles. The van der Waals surface area contributed by atoms with Crippen molar-refractivity contribution >= 4 is 16.8 Å². The van der Waals surface area contributed by atoms with Crippen molar-refractivity contribution in [3.8, 4) is 5.69 Å². The Kier molecular flexibility index (Phi) is 5.20. The molecule has 0 spiro atoms. The van der Waals surface area contributed by atoms with Crippen LogP contribution in [0.4, 0.5) is 4.39 Å². The number of nitrogens with zero attached hydrogens (tertiary/aromatic N) is 2. The molecule has 1 heterocycles. The zero-order chi connectivity index (χ0) is 20.5. The summed E-state index contributed by atoms with van der Waals surface area (Å²) in [4.78, 5) is 27.1. The first-order valence-electron chi connectivity index (χ1n) is 9.88. The van der Waals surface area contributed by atoms with Crippen LogP contribution in [0.3, 0.4) is 0 Å². The normalized spacial score (nSPS) is 14.7. The molecule has 0 atom stereocenters. The number of nitrogens with two attached hydrogens (primary N) is 1. The molecule has 0 bridgehead atoms. The van der Waals surface area contributed by atoms with Gasteiger partial charge in [0.2, 0.25) is 5.43 Å². The molecular formula is C23H24FN3O2. The lowest BCUT2D eigenvalue weighted by molar-refractivity contribution is 0.0999. The standard InChI is InChI=1S/C23H24FN3O2/c1-26(17-4-2-3-5-17)13-15-6-11-21-19(12-15)22(28)20(23(25)29)14-27(21)18-9-7-16(24)8-10-18/h6-12,14,17H,2-5,13H2,1H3,(H2,25,29). The van der Waals surface area contributed by atoms with Crippen molar-refractivity contribution in [1.82, 2.24) is 9.47 Å². The average molecular weight is 393 g/mol. The fourth-order valence-electron chi connectivity index (χ4n) is 4.23. The van der Waals surface area contributed by atoms with Crippen molar-refractivity contribution in [3.63, 3.8) is 0 Å². The van der Waals surface area contributed by atoms with E-state index in [2.05, 4.69) is 11.9 Å². The van der Waals surface area contributed by atoms with Gasteiger partial charge in [0, 0.05) is 29.9 Å². The van der Waals surface area contributed by atoms with Crippen molar-refractivity contribution in [2.45, 2.75) is 38.3 Å². The van der Waals surface area contributed by atoms with Gasteiger partial charge in [-0.2, -0.15) is 0 Å². The highest BCUT2D eigenvalue weighted by Crippen LogP contribution is 2.25. The smallest absolute Gasteiger partial charge is 0.254 e. The van der Waals surface area contributed by atoms with Gasteiger partial charge in [0.05, 0.1) is 5.52 Å². The highest BCUT2D eigenvalue weighted by atomic mass is 19.1. The maximum atomic E-state index is 13.4. The average Bonchev–Trinajstić information content (AvgIpc) is 3.24. The molecule has 1 aromatic heterocycles. The zero-order valence-corrected chi connectivity index (χ0v) is 16.4. The van der Waals surface area contributed by atoms with E-state index in [1.807, 2.05) is 18.2 Å². The molecule has 150 valence electrons. The molecule has 4 rings (SSSR count). The van der Waals surface area contributed by atoms with E-state index in [4.69, 9.17) is 5.73 Å². The molecule has 2 aromatic carbocycles. The lowest BCUT2D eigenvalue weighted by Crippen LogP contribution is -2.28. The van der Waals surface area contributed by atoms with E-state index in [0.717, 1.165) is 12.1 Å². The summed E-state index contributed by atoms with van der Waals surface area (Å²) in [7, 11) is 2.11. The van der Waals surface area contributed by atoms with Gasteiger partial charge in [-0.15, -0.1) is 0 Å². The Balaban J connectivity index is 1.82. The van der Waals surface area contributed by atoms with Crippen molar-refractivity contribution < 1.29 is 9.18 Å². The quantitative estimate of drug-likeness (QED) is 0.720. The van der Waals surface area contributed by atoms with E-state index >= 15 is 0 Å². The van der Waals surface area contributed by atoms with Gasteiger partial charge in [0.15, 0.2) is 0 Å². The van der Waals surface area contributed by atoms with Gasteiger partial charge >= 0.3 is 0 Å². The zero-order valence-electron chi connectivity index (χ0n) is 16.4. The Morgan fingerprint density at radius 2 is 1.86 bits per heavy atom. The van der Waals surface area contributed by atoms with Crippen molar-refractivity contribution in [3.05, 3.63) is 75.8 Å². The van der Waals surface area contributed by atoms with E-state index in [1.165, 1.54) is 44.0 Å². The van der Waals surface area contributed by atoms with E-state index < -0.39 is 5.91 Å². The molecule has 29 heavy (non-hydrogen) atoms. The van der Waals surface area contributed by atoms with Crippen LogP contribution in [-0.4, -0.2) is 28.5 Å². The molecule has 3 aromatic rings. The first kappa shape index (κ1) is 19.3. The van der Waals surface area contributed by atoms with Crippen LogP contribution < -0.4 is 11.2 Å². The number of rotatable bonds is 5. The second-order valence-electron chi connectivity index (χ2n) is 7.79. The minimum absolute atomic E-state index is 0.0804. The molecule has 0 unspecified atom stereocenters. The second-order valence-corrected chi connectivity index (χ2v) is 7.79. The number of amides is 1. The highest BCUT2D eigenvalue weighted by Gasteiger charge is 2.20. The first-order chi connectivity index (χ1) is 13.9. The Morgan fingerprint density at radius 3 is 2.52 bits per heavy atom. The number of halogens is 1. The number of fused-ring (bicyclic) bond motifs is 1. The summed E-state index contributed by atoms with van der Waals surface area (Å²) in [5.74, 6) is -1.13. The van der Waals surface area contributed by atoms with Crippen LogP contribution in [0, 0.1) is 5.82 Å². The monoisotopic (exact) mass is 393 g/mol. The largest absolute Gasteiger partial charge is 0.365 e. The topological polar surface area (TPSA) is 68.3 Å². The number of hydrogen-bond donors (Lipinski definition) is 1. The lowest BCUT2D eigenvalue weighted by atomic mass is 10.1. The van der Waals surface area contributed by atoms with Crippen LogP contribution in [0.5, 0.6) is 0 Å². The Hall–Kier alpha value is -2.99. The van der Waals surface area contributed by atoms with Crippen LogP contribution in [0.15, 0.2) is 53.5 Å². The number of pyridine rings is 1. The predicted octanol–water partition coefficient (Wildman–Crippen LogP) is 3.60. The fourth-order valence-corrected chi connectivity index (χ4v) is 4.23. The number of aromatic nitrogens is 1. The van der Waals surface area contributed by atoms with Crippen LogP contribution in [0.1, 0.15) is 41.6 Å². The first-order valence-corrected chi connectivity index (χ1v) is 9.88. The molecule has 5 nitrogen and oxygen atoms in total. The summed E-state index contributed by atoms with van der Waals surface area (Å²) >= 11 is 0. The van der Waals surface area contributed by atoms with Gasteiger partial charge in [0.25, 0.3) is 5.91 Å². The van der Waals surface area contributed by atoms with Gasteiger partial charge < -0.3 is 10.3 Å². The SMILES string of the molecule is CN(Cc1ccc2c(c1)c(=O)c(C(N)=O)cn2-c1ccc(F)cc1)C1CCCC1. The van der Waals surface area contributed by atoms with Gasteiger partial charge in [-0.3, -0.25) is 14.5 Å². The number of hydrogen-bond acceptors (Lipinski definition) is 3. The van der Waals surface area contributed by atoms with Crippen molar-refractivity contribution in [1.29, 1.82) is 0 Å². The summed E-state index contributed by atoms with van der Waals surface area (Å²) in [6.07, 6.45) is 6.36. The van der Waals surface area contributed by atoms with E-state index in [1.54, 1.807) is 16.7 Å². The summed E-state index contributed by atoms with van der Waals surface area (Å²) in [5.41, 5.74) is 7.31. The molecule has 0 radical (unpaired) electrons. The number of benzene rings is 2. The van der Waals surface area contributed by atoms with E-state index in [-0.39, 0.29) is 16.8 Å². The van der Waals surface area contributed by atoms with Crippen molar-refractivity contribution in [2.24, 2.45) is 5.73 Å². The maximum absolute atomic E-state index is 13.4. The molecule has 1 amide bonds. The van der Waals surface area contributed by atoms with Crippen LogP contribution in [-0.2, 0) is 6.54 Å². The van der Waals surface area contributed by atoms with E-state index in [0.29, 0.717) is 22.6 Å². The third-order valence-corrected chi connectivity index (χ3v) is 5.82. The molecule has 1 fully saturated rings. The maximum Gasteiger partial charge on any atom is 0.254 e. The Morgan fingerprint density at radius 1 is 1.17 bits per heavy atom. The third kappa shape index (κ3) is 3.80. The van der Waals surface area contributed by atoms with Gasteiger partial charge in [-0.05, 0) is 61.9 Å². The van der Waals surface area contributed by atoms with E-state index in [9.17, 15) is 14.0 Å². The predicted molar refractivity (Wildman–Crippen MR) is 112 cm³/mol. The number of carbonyl (C=O) groups is 1. The molecule has 2 N–H and O–H groups in total. The number of primary amides is 1. The van der Waals surface area contributed by atoms with Crippen LogP contribution >= 0.6 is 0 Å². The molecule has 1 aliphatic rings. The third-order valence-electron chi connectivity index (χ3n) is 5.82. The summed E-state index contributed by atoms with van der Waals surface area (Å²) < 4.78 is 15.1. The summed E-state index contributed by atoms with van der Waals surface area (Å²) in [5, 5.41) is 0.433. The van der Waals surface area contributed by atoms with Gasteiger partial charge in [-0.1, -0.05) is 18.9 Å². The molecule has 0 aliphatic heterocycles. The van der Waals surface area contributed by atoms with Gasteiger partial charge in [-0.25, -0.2) is 4.39 Å². The number of carbonyl (C=O) groups excluding carboxylic acids is 1. The summed E-state index contributed by atoms with van der Waals surface area (Å²) in [6, 6.07) is 12.2. The fraction of sp³-hybridized carbons (Fsp3) is 0.304. The summed E-state index contributed by atoms with van der Waals surface area (Å²) in [6.45, 7) is 0.734. The Labute approximate surface area is 168 Å². The molecule has 6 heteroatoms. The molecule has 1 saturated carbocycles. The lowest BCUT2D eigenvalue weighted by Gasteiger charge is -2.24. The van der Waals surface area contributed by atoms with Gasteiger partial charge in [0.1, 0.15) is 11.4 Å². The molecular weight excluding hydrogens is 369 g/mol.